The van der Waals surface area contributed by atoms with Gasteiger partial charge in [-0.05, 0) is 17.2 Å². The van der Waals surface area contributed by atoms with Crippen LogP contribution in [0.15, 0.2) is 24.3 Å². The summed E-state index contributed by atoms with van der Waals surface area (Å²) in [5.74, 6) is -0.799. The van der Waals surface area contributed by atoms with Crippen molar-refractivity contribution in [3.05, 3.63) is 29.8 Å². The van der Waals surface area contributed by atoms with E-state index in [1.54, 1.807) is 14.2 Å². The highest BCUT2D eigenvalue weighted by Gasteiger charge is 2.17. The fraction of sp³-hybridized carbons (Fsp3) is 0.533. The summed E-state index contributed by atoms with van der Waals surface area (Å²) in [4.78, 5) is 10.7. The Labute approximate surface area is 132 Å². The Morgan fingerprint density at radius 3 is 2.27 bits per heavy atom. The van der Waals surface area contributed by atoms with Gasteiger partial charge >= 0.3 is 15.3 Å². The van der Waals surface area contributed by atoms with Gasteiger partial charge in [0, 0.05) is 20.6 Å². The van der Waals surface area contributed by atoms with Crippen LogP contribution in [0.4, 0.5) is 0 Å². The first-order chi connectivity index (χ1) is 10.7. The molecular formula is C15H24O6Si. The highest BCUT2D eigenvalue weighted by Crippen LogP contribution is 2.03. The van der Waals surface area contributed by atoms with E-state index in [2.05, 4.69) is 0 Å². The maximum Gasteiger partial charge on any atom is 0.356 e. The van der Waals surface area contributed by atoms with Gasteiger partial charge in [0.15, 0.2) is 0 Å². The fourth-order valence-electron chi connectivity index (χ4n) is 1.86. The van der Waals surface area contributed by atoms with E-state index in [0.717, 1.165) is 10.8 Å². The highest BCUT2D eigenvalue weighted by molar-refractivity contribution is 6.61. The molecule has 0 aliphatic rings. The Balaban J connectivity index is 2.69. The van der Waals surface area contributed by atoms with E-state index in [-0.39, 0.29) is 6.42 Å². The number of hydrogen-bond acceptors (Lipinski definition) is 5. The zero-order chi connectivity index (χ0) is 16.2. The van der Waals surface area contributed by atoms with E-state index < -0.39 is 15.3 Å². The third kappa shape index (κ3) is 7.67. The summed E-state index contributed by atoms with van der Waals surface area (Å²) >= 11 is 0. The van der Waals surface area contributed by atoms with Crippen LogP contribution in [0.2, 0.25) is 0 Å². The number of benzene rings is 1. The predicted octanol–water partition coefficient (Wildman–Crippen LogP) is 0.457. The lowest BCUT2D eigenvalue weighted by Crippen LogP contribution is -2.39. The number of carboxylic acid groups (broad SMARTS) is 1. The minimum Gasteiger partial charge on any atom is -0.481 e. The van der Waals surface area contributed by atoms with Gasteiger partial charge in [-0.2, -0.15) is 0 Å². The molecule has 0 fully saturated rings. The summed E-state index contributed by atoms with van der Waals surface area (Å²) in [6.07, 6.45) is 0.616. The Hall–Kier alpha value is -1.25. The molecule has 1 N–H and O–H groups in total. The summed E-state index contributed by atoms with van der Waals surface area (Å²) in [5, 5.41) is 9.77. The topological polar surface area (TPSA) is 74.2 Å². The molecule has 1 aromatic rings. The van der Waals surface area contributed by atoms with Crippen LogP contribution in [0, 0.1) is 0 Å². The lowest BCUT2D eigenvalue weighted by Gasteiger charge is -2.17. The third-order valence-electron chi connectivity index (χ3n) is 2.96. The van der Waals surface area contributed by atoms with Gasteiger partial charge in [0.2, 0.25) is 0 Å². The zero-order valence-corrected chi connectivity index (χ0v) is 14.3. The van der Waals surface area contributed by atoms with Crippen molar-refractivity contribution in [2.75, 3.05) is 40.6 Å². The van der Waals surface area contributed by atoms with Gasteiger partial charge < -0.3 is 23.4 Å². The lowest BCUT2D eigenvalue weighted by molar-refractivity contribution is -0.136. The number of aryl methyl sites for hydroxylation is 1. The summed E-state index contributed by atoms with van der Waals surface area (Å²) in [6, 6.07) is 7.76. The molecule has 0 saturated heterocycles. The number of aliphatic carboxylic acids is 1. The van der Waals surface area contributed by atoms with Crippen LogP contribution in [0.25, 0.3) is 0 Å². The molecule has 0 amide bonds. The van der Waals surface area contributed by atoms with Crippen LogP contribution < -0.4 is 5.19 Å². The van der Waals surface area contributed by atoms with E-state index >= 15 is 0 Å². The van der Waals surface area contributed by atoms with Gasteiger partial charge in [0.25, 0.3) is 0 Å². The van der Waals surface area contributed by atoms with E-state index in [4.69, 9.17) is 23.4 Å². The monoisotopic (exact) mass is 328 g/mol. The minimum absolute atomic E-state index is 0.116. The molecule has 124 valence electrons. The van der Waals surface area contributed by atoms with Crippen LogP contribution in [-0.2, 0) is 29.5 Å². The lowest BCUT2D eigenvalue weighted by atomic mass is 10.1. The van der Waals surface area contributed by atoms with Gasteiger partial charge in [0.1, 0.15) is 0 Å². The van der Waals surface area contributed by atoms with Crippen molar-refractivity contribution in [2.24, 2.45) is 0 Å². The summed E-state index contributed by atoms with van der Waals surface area (Å²) in [7, 11) is 1.21. The molecule has 1 aromatic carbocycles. The Bertz CT molecular complexity index is 430. The first kappa shape index (κ1) is 18.8. The van der Waals surface area contributed by atoms with Crippen LogP contribution >= 0.6 is 0 Å². The molecule has 22 heavy (non-hydrogen) atoms. The van der Waals surface area contributed by atoms with E-state index in [0.29, 0.717) is 32.8 Å². The van der Waals surface area contributed by atoms with Crippen molar-refractivity contribution < 1.29 is 28.2 Å². The molecule has 0 aromatic heterocycles. The molecule has 0 unspecified atom stereocenters. The number of ether oxygens (including phenoxy) is 2. The minimum atomic E-state index is -2.04. The molecule has 0 saturated carbocycles. The first-order valence-corrected chi connectivity index (χ1v) is 8.71. The Kier molecular flexibility index (Phi) is 9.68. The van der Waals surface area contributed by atoms with Crippen molar-refractivity contribution in [2.45, 2.75) is 12.8 Å². The summed E-state index contributed by atoms with van der Waals surface area (Å²) < 4.78 is 21.6. The highest BCUT2D eigenvalue weighted by atomic mass is 28.3. The van der Waals surface area contributed by atoms with Crippen LogP contribution in [0.1, 0.15) is 12.0 Å². The van der Waals surface area contributed by atoms with Gasteiger partial charge in [-0.25, -0.2) is 0 Å². The molecule has 6 nitrogen and oxygen atoms in total. The Morgan fingerprint density at radius 1 is 1.09 bits per heavy atom. The zero-order valence-electron chi connectivity index (χ0n) is 13.1. The smallest absolute Gasteiger partial charge is 0.356 e. The maximum absolute atomic E-state index is 10.7. The van der Waals surface area contributed by atoms with E-state index in [1.165, 1.54) is 0 Å². The van der Waals surface area contributed by atoms with Crippen LogP contribution in [-0.4, -0.2) is 61.0 Å². The van der Waals surface area contributed by atoms with Gasteiger partial charge in [-0.3, -0.25) is 4.79 Å². The molecular weight excluding hydrogens is 304 g/mol. The second-order valence-corrected chi connectivity index (χ2v) is 6.70. The second-order valence-electron chi connectivity index (χ2n) is 4.70. The molecule has 0 radical (unpaired) electrons. The van der Waals surface area contributed by atoms with Crippen LogP contribution in [0.5, 0.6) is 0 Å². The Morgan fingerprint density at radius 2 is 1.73 bits per heavy atom. The number of rotatable bonds is 12. The number of carbonyl (C=O) groups is 1. The first-order valence-electron chi connectivity index (χ1n) is 7.19. The standard InChI is InChI=1S/C15H24O6Si/c1-18-8-10-20-22(21-11-9-19-2)14-5-3-4-13(12-14)6-7-15(16)17/h3-5,12,22H,6-11H2,1-2H3,(H,16,17). The van der Waals surface area contributed by atoms with Crippen molar-refractivity contribution in [3.63, 3.8) is 0 Å². The van der Waals surface area contributed by atoms with Crippen molar-refractivity contribution in [1.29, 1.82) is 0 Å². The average Bonchev–Trinajstić information content (AvgIpc) is 2.52. The molecule has 0 heterocycles. The van der Waals surface area contributed by atoms with E-state index in [9.17, 15) is 4.79 Å². The number of hydrogen-bond donors (Lipinski definition) is 1. The average molecular weight is 328 g/mol. The quantitative estimate of drug-likeness (QED) is 0.444. The van der Waals surface area contributed by atoms with Gasteiger partial charge in [-0.15, -0.1) is 0 Å². The molecule has 0 bridgehead atoms. The molecule has 7 heteroatoms. The molecule has 0 atom stereocenters. The second kappa shape index (κ2) is 11.3. The normalized spacial score (nSPS) is 11.0. The number of methoxy groups -OCH3 is 2. The van der Waals surface area contributed by atoms with Gasteiger partial charge in [-0.1, -0.05) is 24.3 Å². The molecule has 1 rings (SSSR count). The number of carboxylic acids is 1. The summed E-state index contributed by atoms with van der Waals surface area (Å²) in [5.41, 5.74) is 0.975. The van der Waals surface area contributed by atoms with Crippen molar-refractivity contribution in [3.8, 4) is 0 Å². The van der Waals surface area contributed by atoms with Crippen molar-refractivity contribution in [1.82, 2.24) is 0 Å². The largest absolute Gasteiger partial charge is 0.481 e. The molecule has 0 aliphatic heterocycles. The molecule has 0 aliphatic carbocycles. The fourth-order valence-corrected chi connectivity index (χ4v) is 3.58. The molecule has 0 spiro atoms. The predicted molar refractivity (Wildman–Crippen MR) is 84.8 cm³/mol. The maximum atomic E-state index is 10.7. The van der Waals surface area contributed by atoms with Gasteiger partial charge in [0.05, 0.1) is 26.4 Å². The van der Waals surface area contributed by atoms with Crippen LogP contribution in [0.3, 0.4) is 0 Å². The summed E-state index contributed by atoms with van der Waals surface area (Å²) in [6.45, 7) is 1.96. The van der Waals surface area contributed by atoms with Crippen molar-refractivity contribution >= 4 is 20.4 Å². The van der Waals surface area contributed by atoms with E-state index in [1.807, 2.05) is 24.3 Å². The SMILES string of the molecule is COCCO[SiH](OCCOC)c1cccc(CCC(=O)O)c1. The third-order valence-corrected chi connectivity index (χ3v) is 4.94.